The van der Waals surface area contributed by atoms with Crippen LogP contribution < -0.4 is 10.0 Å². The highest BCUT2D eigenvalue weighted by Gasteiger charge is 2.22. The van der Waals surface area contributed by atoms with E-state index < -0.39 is 33.5 Å². The zero-order valence-corrected chi connectivity index (χ0v) is 16.2. The molecule has 146 valence electrons. The van der Waals surface area contributed by atoms with Crippen LogP contribution in [0.4, 0.5) is 0 Å². The molecule has 1 aromatic rings. The number of hydrogen-bond acceptors (Lipinski definition) is 5. The minimum atomic E-state index is -3.61. The highest BCUT2D eigenvalue weighted by Crippen LogP contribution is 2.12. The number of carboxylic acids is 1. The van der Waals surface area contributed by atoms with E-state index in [1.54, 1.807) is 6.92 Å². The van der Waals surface area contributed by atoms with E-state index in [9.17, 15) is 23.1 Å². The Balaban J connectivity index is 2.76. The topological polar surface area (TPSA) is 122 Å². The van der Waals surface area contributed by atoms with Crippen molar-refractivity contribution in [2.45, 2.75) is 50.7 Å². The first-order chi connectivity index (χ1) is 12.0. The number of rotatable bonds is 9. The minimum absolute atomic E-state index is 0.0317. The number of benzene rings is 1. The number of amides is 1. The van der Waals surface area contributed by atoms with Crippen LogP contribution >= 0.6 is 0 Å². The molecule has 0 saturated heterocycles. The summed E-state index contributed by atoms with van der Waals surface area (Å²) in [5.74, 6) is -1.76. The maximum absolute atomic E-state index is 12.2. The molecule has 26 heavy (non-hydrogen) atoms. The average Bonchev–Trinajstić information content (AvgIpc) is 2.52. The first kappa shape index (κ1) is 22.1. The number of aliphatic carboxylic acids is 1. The fourth-order valence-electron chi connectivity index (χ4n) is 2.04. The Morgan fingerprint density at radius 1 is 1.19 bits per heavy atom. The van der Waals surface area contributed by atoms with Gasteiger partial charge in [0.05, 0.1) is 10.5 Å². The van der Waals surface area contributed by atoms with Crippen molar-refractivity contribution in [2.75, 3.05) is 13.2 Å². The summed E-state index contributed by atoms with van der Waals surface area (Å²) in [5.41, 5.74) is -0.232. The standard InChI is InChI=1S/C17H26N2O6S/c1-5-18-26(23,24)13-8-6-12(7-9-13)15(20)19-14(16(21)22)10-11-25-17(2,3)4/h6-9,14,18H,5,10-11H2,1-4H3,(H,19,20)(H,21,22). The van der Waals surface area contributed by atoms with Gasteiger partial charge in [0.2, 0.25) is 10.0 Å². The lowest BCUT2D eigenvalue weighted by Gasteiger charge is -2.21. The molecule has 0 radical (unpaired) electrons. The molecule has 1 atom stereocenters. The number of sulfonamides is 1. The predicted molar refractivity (Wildman–Crippen MR) is 96.5 cm³/mol. The van der Waals surface area contributed by atoms with Crippen LogP contribution in [0.3, 0.4) is 0 Å². The van der Waals surface area contributed by atoms with Gasteiger partial charge in [0.15, 0.2) is 0 Å². The Kier molecular flexibility index (Phi) is 7.73. The largest absolute Gasteiger partial charge is 0.480 e. The Hall–Kier alpha value is -1.97. The summed E-state index contributed by atoms with van der Waals surface area (Å²) in [6, 6.07) is 4.17. The van der Waals surface area contributed by atoms with Gasteiger partial charge in [-0.25, -0.2) is 17.9 Å². The molecule has 1 rings (SSSR count). The van der Waals surface area contributed by atoms with Gasteiger partial charge in [-0.1, -0.05) is 6.92 Å². The van der Waals surface area contributed by atoms with Gasteiger partial charge in [-0.3, -0.25) is 4.79 Å². The summed E-state index contributed by atoms with van der Waals surface area (Å²) < 4.78 is 31.6. The van der Waals surface area contributed by atoms with E-state index in [2.05, 4.69) is 10.0 Å². The van der Waals surface area contributed by atoms with E-state index in [1.165, 1.54) is 24.3 Å². The molecule has 1 aromatic carbocycles. The number of nitrogens with one attached hydrogen (secondary N) is 2. The third-order valence-electron chi connectivity index (χ3n) is 3.31. The molecule has 8 nitrogen and oxygen atoms in total. The Morgan fingerprint density at radius 2 is 1.77 bits per heavy atom. The van der Waals surface area contributed by atoms with E-state index in [0.29, 0.717) is 0 Å². The number of carbonyl (C=O) groups excluding carboxylic acids is 1. The van der Waals surface area contributed by atoms with Gasteiger partial charge in [0.1, 0.15) is 6.04 Å². The van der Waals surface area contributed by atoms with Crippen molar-refractivity contribution in [2.24, 2.45) is 0 Å². The second kappa shape index (κ2) is 9.11. The summed E-state index contributed by atoms with van der Waals surface area (Å²) in [6.45, 7) is 7.65. The third kappa shape index (κ3) is 7.11. The first-order valence-corrected chi connectivity index (χ1v) is 9.72. The van der Waals surface area contributed by atoms with Gasteiger partial charge in [-0.15, -0.1) is 0 Å². The zero-order chi connectivity index (χ0) is 20.0. The van der Waals surface area contributed by atoms with Gasteiger partial charge in [0, 0.05) is 25.1 Å². The van der Waals surface area contributed by atoms with Crippen molar-refractivity contribution in [3.63, 3.8) is 0 Å². The lowest BCUT2D eigenvalue weighted by Crippen LogP contribution is -2.42. The Bertz CT molecular complexity index is 723. The van der Waals surface area contributed by atoms with Crippen LogP contribution in [0.1, 0.15) is 44.5 Å². The van der Waals surface area contributed by atoms with E-state index in [1.807, 2.05) is 20.8 Å². The molecule has 1 amide bonds. The highest BCUT2D eigenvalue weighted by molar-refractivity contribution is 7.89. The molecule has 0 saturated carbocycles. The van der Waals surface area contributed by atoms with Crippen molar-refractivity contribution < 1.29 is 27.9 Å². The van der Waals surface area contributed by atoms with E-state index in [-0.39, 0.29) is 30.0 Å². The Labute approximate surface area is 154 Å². The molecule has 1 unspecified atom stereocenters. The normalized spacial score (nSPS) is 13.2. The molecular weight excluding hydrogens is 360 g/mol. The summed E-state index contributed by atoms with van der Waals surface area (Å²) >= 11 is 0. The van der Waals surface area contributed by atoms with Gasteiger partial charge >= 0.3 is 5.97 Å². The number of ether oxygens (including phenoxy) is 1. The van der Waals surface area contributed by atoms with Crippen molar-refractivity contribution in [3.05, 3.63) is 29.8 Å². The van der Waals surface area contributed by atoms with Crippen LogP contribution in [0.25, 0.3) is 0 Å². The van der Waals surface area contributed by atoms with Gasteiger partial charge in [-0.2, -0.15) is 0 Å². The van der Waals surface area contributed by atoms with E-state index in [4.69, 9.17) is 4.74 Å². The number of carbonyl (C=O) groups is 2. The van der Waals surface area contributed by atoms with Crippen LogP contribution in [0.2, 0.25) is 0 Å². The van der Waals surface area contributed by atoms with Crippen LogP contribution in [-0.4, -0.2) is 50.2 Å². The molecule has 0 heterocycles. The second-order valence-electron chi connectivity index (χ2n) is 6.64. The van der Waals surface area contributed by atoms with Crippen molar-refractivity contribution in [3.8, 4) is 0 Å². The second-order valence-corrected chi connectivity index (χ2v) is 8.41. The summed E-state index contributed by atoms with van der Waals surface area (Å²) in [7, 11) is -3.61. The molecule has 0 aliphatic carbocycles. The van der Waals surface area contributed by atoms with Gasteiger partial charge in [-0.05, 0) is 45.0 Å². The highest BCUT2D eigenvalue weighted by atomic mass is 32.2. The lowest BCUT2D eigenvalue weighted by atomic mass is 10.1. The SMILES string of the molecule is CCNS(=O)(=O)c1ccc(C(=O)NC(CCOC(C)(C)C)C(=O)O)cc1. The molecular formula is C17H26N2O6S. The van der Waals surface area contributed by atoms with Crippen LogP contribution in [-0.2, 0) is 19.6 Å². The molecule has 0 spiro atoms. The molecule has 0 fully saturated rings. The predicted octanol–water partition coefficient (Wildman–Crippen LogP) is 1.37. The van der Waals surface area contributed by atoms with E-state index >= 15 is 0 Å². The molecule has 0 aliphatic rings. The number of hydrogen-bond donors (Lipinski definition) is 3. The molecule has 9 heteroatoms. The van der Waals surface area contributed by atoms with Crippen LogP contribution in [0, 0.1) is 0 Å². The molecule has 0 bridgehead atoms. The van der Waals surface area contributed by atoms with Gasteiger partial charge < -0.3 is 15.2 Å². The zero-order valence-electron chi connectivity index (χ0n) is 15.4. The van der Waals surface area contributed by atoms with Crippen molar-refractivity contribution >= 4 is 21.9 Å². The van der Waals surface area contributed by atoms with Crippen LogP contribution in [0.5, 0.6) is 0 Å². The Morgan fingerprint density at radius 3 is 2.23 bits per heavy atom. The lowest BCUT2D eigenvalue weighted by molar-refractivity contribution is -0.140. The maximum Gasteiger partial charge on any atom is 0.326 e. The molecule has 3 N–H and O–H groups in total. The third-order valence-corrected chi connectivity index (χ3v) is 4.87. The summed E-state index contributed by atoms with van der Waals surface area (Å²) in [6.07, 6.45) is 0.116. The van der Waals surface area contributed by atoms with Crippen molar-refractivity contribution in [1.82, 2.24) is 10.0 Å². The van der Waals surface area contributed by atoms with Crippen molar-refractivity contribution in [1.29, 1.82) is 0 Å². The van der Waals surface area contributed by atoms with Gasteiger partial charge in [0.25, 0.3) is 5.91 Å². The maximum atomic E-state index is 12.2. The average molecular weight is 386 g/mol. The van der Waals surface area contributed by atoms with E-state index in [0.717, 1.165) is 0 Å². The quantitative estimate of drug-likeness (QED) is 0.589. The fraction of sp³-hybridized carbons (Fsp3) is 0.529. The minimum Gasteiger partial charge on any atom is -0.480 e. The first-order valence-electron chi connectivity index (χ1n) is 8.23. The molecule has 0 aromatic heterocycles. The molecule has 0 aliphatic heterocycles. The van der Waals surface area contributed by atoms with Crippen LogP contribution in [0.15, 0.2) is 29.2 Å². The number of carboxylic acid groups (broad SMARTS) is 1. The monoisotopic (exact) mass is 386 g/mol. The summed E-state index contributed by atoms with van der Waals surface area (Å²) in [5, 5.41) is 11.7. The smallest absolute Gasteiger partial charge is 0.326 e. The summed E-state index contributed by atoms with van der Waals surface area (Å²) in [4.78, 5) is 23.6. The fourth-order valence-corrected chi connectivity index (χ4v) is 3.08.